The first-order valence-electron chi connectivity index (χ1n) is 7.17. The van der Waals surface area contributed by atoms with Crippen LogP contribution in [0.1, 0.15) is 12.8 Å². The number of nitrogens with two attached hydrogens (primary N) is 2. The highest BCUT2D eigenvalue weighted by molar-refractivity contribution is 6.30. The number of piperidine rings is 1. The van der Waals surface area contributed by atoms with Gasteiger partial charge in [0, 0.05) is 37.0 Å². The Morgan fingerprint density at radius 3 is 2.41 bits per heavy atom. The van der Waals surface area contributed by atoms with Crippen LogP contribution in [0.4, 0.5) is 17.6 Å². The van der Waals surface area contributed by atoms with Crippen LogP contribution in [0, 0.1) is 0 Å². The topological polar surface area (TPSA) is 90.3 Å². The molecule has 22 heavy (non-hydrogen) atoms. The van der Waals surface area contributed by atoms with Gasteiger partial charge >= 0.3 is 0 Å². The molecule has 0 amide bonds. The summed E-state index contributed by atoms with van der Waals surface area (Å²) < 4.78 is 5.97. The highest BCUT2D eigenvalue weighted by Crippen LogP contribution is 2.24. The van der Waals surface area contributed by atoms with Gasteiger partial charge in [0.25, 0.3) is 0 Å². The normalized spacial score (nSPS) is 15.8. The van der Waals surface area contributed by atoms with Gasteiger partial charge in [0.2, 0.25) is 5.95 Å². The molecule has 116 valence electrons. The third-order valence-corrected chi connectivity index (χ3v) is 3.88. The summed E-state index contributed by atoms with van der Waals surface area (Å²) in [6.07, 6.45) is 2.01. The second kappa shape index (κ2) is 6.27. The molecule has 1 saturated heterocycles. The first-order chi connectivity index (χ1) is 10.6. The van der Waals surface area contributed by atoms with Crippen molar-refractivity contribution in [1.29, 1.82) is 0 Å². The predicted octanol–water partition coefficient (Wildman–Crippen LogP) is 2.34. The zero-order chi connectivity index (χ0) is 15.5. The first kappa shape index (κ1) is 14.7. The Morgan fingerprint density at radius 2 is 1.77 bits per heavy atom. The van der Waals surface area contributed by atoms with E-state index in [9.17, 15) is 0 Å². The van der Waals surface area contributed by atoms with Crippen molar-refractivity contribution in [2.45, 2.75) is 18.9 Å². The van der Waals surface area contributed by atoms with E-state index in [0.717, 1.165) is 37.5 Å². The molecule has 4 N–H and O–H groups in total. The lowest BCUT2D eigenvalue weighted by atomic mass is 10.1. The van der Waals surface area contributed by atoms with Crippen LogP contribution >= 0.6 is 11.6 Å². The van der Waals surface area contributed by atoms with Crippen molar-refractivity contribution in [1.82, 2.24) is 9.97 Å². The lowest BCUT2D eigenvalue weighted by Gasteiger charge is -2.33. The number of anilines is 3. The van der Waals surface area contributed by atoms with Crippen LogP contribution in [-0.4, -0.2) is 29.2 Å². The molecule has 0 aliphatic carbocycles. The summed E-state index contributed by atoms with van der Waals surface area (Å²) in [5.41, 5.74) is 11.4. The maximum Gasteiger partial charge on any atom is 0.223 e. The molecule has 0 atom stereocenters. The summed E-state index contributed by atoms with van der Waals surface area (Å²) >= 11 is 5.87. The molecule has 0 unspecified atom stereocenters. The molecule has 0 saturated carbocycles. The quantitative estimate of drug-likeness (QED) is 0.902. The first-order valence-corrected chi connectivity index (χ1v) is 7.55. The van der Waals surface area contributed by atoms with Gasteiger partial charge < -0.3 is 21.1 Å². The minimum Gasteiger partial charge on any atom is -0.490 e. The van der Waals surface area contributed by atoms with Gasteiger partial charge in [-0.3, -0.25) is 0 Å². The molecule has 0 spiro atoms. The minimum atomic E-state index is 0.189. The summed E-state index contributed by atoms with van der Waals surface area (Å²) in [5.74, 6) is 2.21. The van der Waals surface area contributed by atoms with Gasteiger partial charge in [-0.25, -0.2) is 0 Å². The standard InChI is InChI=1S/C15H18ClN5O/c16-10-1-3-11(4-2-10)22-12-5-7-21(8-6-12)14-9-13(17)19-15(18)20-14/h1-4,9,12H,5-8H2,(H4,17,18,19,20). The number of nitrogen functional groups attached to an aromatic ring is 2. The molecule has 0 bridgehead atoms. The van der Waals surface area contributed by atoms with E-state index in [1.54, 1.807) is 6.07 Å². The fourth-order valence-corrected chi connectivity index (χ4v) is 2.67. The maximum atomic E-state index is 5.97. The molecule has 2 heterocycles. The van der Waals surface area contributed by atoms with Crippen molar-refractivity contribution in [3.8, 4) is 5.75 Å². The second-order valence-electron chi connectivity index (χ2n) is 5.27. The smallest absolute Gasteiger partial charge is 0.223 e. The molecule has 7 heteroatoms. The van der Waals surface area contributed by atoms with Gasteiger partial charge in [0.05, 0.1) is 0 Å². The van der Waals surface area contributed by atoms with Crippen molar-refractivity contribution in [3.63, 3.8) is 0 Å². The number of hydrogen-bond donors (Lipinski definition) is 2. The Kier molecular flexibility index (Phi) is 4.20. The molecule has 1 aliphatic rings. The van der Waals surface area contributed by atoms with Crippen molar-refractivity contribution >= 4 is 29.2 Å². The number of rotatable bonds is 3. The molecule has 6 nitrogen and oxygen atoms in total. The van der Waals surface area contributed by atoms with Crippen molar-refractivity contribution in [3.05, 3.63) is 35.4 Å². The van der Waals surface area contributed by atoms with E-state index in [2.05, 4.69) is 14.9 Å². The number of ether oxygens (including phenoxy) is 1. The molecule has 3 rings (SSSR count). The van der Waals surface area contributed by atoms with E-state index in [0.29, 0.717) is 10.8 Å². The zero-order valence-corrected chi connectivity index (χ0v) is 12.8. The van der Waals surface area contributed by atoms with Gasteiger partial charge in [-0.05, 0) is 24.3 Å². The molecular formula is C15H18ClN5O. The molecule has 1 fully saturated rings. The van der Waals surface area contributed by atoms with Gasteiger partial charge in [-0.1, -0.05) is 11.6 Å². The monoisotopic (exact) mass is 319 g/mol. The SMILES string of the molecule is Nc1cc(N2CCC(Oc3ccc(Cl)cc3)CC2)nc(N)n1. The largest absolute Gasteiger partial charge is 0.490 e. The minimum absolute atomic E-state index is 0.189. The van der Waals surface area contributed by atoms with Crippen LogP contribution < -0.4 is 21.1 Å². The number of nitrogens with zero attached hydrogens (tertiary/aromatic N) is 3. The molecular weight excluding hydrogens is 302 g/mol. The lowest BCUT2D eigenvalue weighted by molar-refractivity contribution is 0.170. The van der Waals surface area contributed by atoms with Crippen molar-refractivity contribution in [2.75, 3.05) is 29.5 Å². The molecule has 1 aromatic carbocycles. The summed E-state index contributed by atoms with van der Waals surface area (Å²) in [5, 5.41) is 0.709. The Labute approximate surface area is 134 Å². The highest BCUT2D eigenvalue weighted by Gasteiger charge is 2.22. The fourth-order valence-electron chi connectivity index (χ4n) is 2.54. The summed E-state index contributed by atoms with van der Waals surface area (Å²) in [7, 11) is 0. The van der Waals surface area contributed by atoms with Crippen LogP contribution in [0.15, 0.2) is 30.3 Å². The Hall–Kier alpha value is -2.21. The van der Waals surface area contributed by atoms with Gasteiger partial charge in [0.1, 0.15) is 23.5 Å². The lowest BCUT2D eigenvalue weighted by Crippen LogP contribution is -2.38. The maximum absolute atomic E-state index is 5.97. The molecule has 1 aliphatic heterocycles. The average Bonchev–Trinajstić information content (AvgIpc) is 2.49. The van der Waals surface area contributed by atoms with E-state index >= 15 is 0 Å². The van der Waals surface area contributed by atoms with Crippen molar-refractivity contribution in [2.24, 2.45) is 0 Å². The third-order valence-electron chi connectivity index (χ3n) is 3.63. The summed E-state index contributed by atoms with van der Waals surface area (Å²) in [4.78, 5) is 10.3. The molecule has 1 aromatic heterocycles. The van der Waals surface area contributed by atoms with E-state index in [1.807, 2.05) is 24.3 Å². The van der Waals surface area contributed by atoms with Gasteiger partial charge in [-0.2, -0.15) is 9.97 Å². The van der Waals surface area contributed by atoms with E-state index in [-0.39, 0.29) is 12.1 Å². The van der Waals surface area contributed by atoms with Crippen LogP contribution in [0.2, 0.25) is 5.02 Å². The fraction of sp³-hybridized carbons (Fsp3) is 0.333. The van der Waals surface area contributed by atoms with E-state index in [4.69, 9.17) is 27.8 Å². The highest BCUT2D eigenvalue weighted by atomic mass is 35.5. The van der Waals surface area contributed by atoms with Crippen LogP contribution in [0.25, 0.3) is 0 Å². The zero-order valence-electron chi connectivity index (χ0n) is 12.1. The van der Waals surface area contributed by atoms with E-state index in [1.165, 1.54) is 0 Å². The Morgan fingerprint density at radius 1 is 1.09 bits per heavy atom. The summed E-state index contributed by atoms with van der Waals surface area (Å²) in [6.45, 7) is 1.68. The average molecular weight is 320 g/mol. The number of hydrogen-bond acceptors (Lipinski definition) is 6. The van der Waals surface area contributed by atoms with Crippen LogP contribution in [0.3, 0.4) is 0 Å². The number of aromatic nitrogens is 2. The molecule has 2 aromatic rings. The Bertz CT molecular complexity index is 621. The van der Waals surface area contributed by atoms with E-state index < -0.39 is 0 Å². The third kappa shape index (κ3) is 3.51. The number of halogens is 1. The van der Waals surface area contributed by atoms with Gasteiger partial charge in [-0.15, -0.1) is 0 Å². The van der Waals surface area contributed by atoms with Gasteiger partial charge in [0.15, 0.2) is 0 Å². The van der Waals surface area contributed by atoms with Crippen LogP contribution in [-0.2, 0) is 0 Å². The molecule has 0 radical (unpaired) electrons. The van der Waals surface area contributed by atoms with Crippen molar-refractivity contribution < 1.29 is 4.74 Å². The predicted molar refractivity (Wildman–Crippen MR) is 88.2 cm³/mol. The van der Waals surface area contributed by atoms with Crippen LogP contribution in [0.5, 0.6) is 5.75 Å². The summed E-state index contributed by atoms with van der Waals surface area (Å²) in [6, 6.07) is 9.19. The second-order valence-corrected chi connectivity index (χ2v) is 5.70. The number of benzene rings is 1. The Balaban J connectivity index is 1.59.